The number of aliphatic carboxylic acids is 1. The van der Waals surface area contributed by atoms with Gasteiger partial charge in [0.2, 0.25) is 0 Å². The molecule has 7 heteroatoms. The molecule has 0 heterocycles. The predicted octanol–water partition coefficient (Wildman–Crippen LogP) is 2.79. The van der Waals surface area contributed by atoms with Gasteiger partial charge in [-0.25, -0.2) is 0 Å². The molecule has 0 bridgehead atoms. The first kappa shape index (κ1) is 15.3. The fourth-order valence-corrected chi connectivity index (χ4v) is 1.42. The van der Waals surface area contributed by atoms with E-state index in [1.54, 1.807) is 0 Å². The maximum Gasteiger partial charge on any atom is 0.418 e. The number of hydrogen-bond acceptors (Lipinski definition) is 3. The minimum Gasteiger partial charge on any atom is -0.497 e. The minimum atomic E-state index is -4.60. The molecular weight excluding hydrogens is 265 g/mol. The summed E-state index contributed by atoms with van der Waals surface area (Å²) in [4.78, 5) is 10.3. The molecule has 1 rings (SSSR count). The molecule has 0 amide bonds. The lowest BCUT2D eigenvalue weighted by molar-refractivity contribution is -0.224. The third-order valence-corrected chi connectivity index (χ3v) is 2.32. The van der Waals surface area contributed by atoms with Crippen LogP contribution >= 0.6 is 0 Å². The van der Waals surface area contributed by atoms with Crippen LogP contribution in [0.1, 0.15) is 18.1 Å². The first-order valence-electron chi connectivity index (χ1n) is 5.38. The number of ether oxygens (including phenoxy) is 2. The summed E-state index contributed by atoms with van der Waals surface area (Å²) in [5.41, 5.74) is -0.0984. The predicted molar refractivity (Wildman–Crippen MR) is 60.0 cm³/mol. The maximum atomic E-state index is 12.8. The van der Waals surface area contributed by atoms with Gasteiger partial charge < -0.3 is 14.6 Å². The fourth-order valence-electron chi connectivity index (χ4n) is 1.42. The summed E-state index contributed by atoms with van der Waals surface area (Å²) in [7, 11) is 1.40. The summed E-state index contributed by atoms with van der Waals surface area (Å²) in [6.45, 7) is -0.508. The van der Waals surface area contributed by atoms with Gasteiger partial charge in [0.1, 0.15) is 5.75 Å². The van der Waals surface area contributed by atoms with Crippen molar-refractivity contribution in [1.29, 1.82) is 0 Å². The van der Waals surface area contributed by atoms with Crippen molar-refractivity contribution in [2.24, 2.45) is 0 Å². The maximum absolute atomic E-state index is 12.8. The number of benzene rings is 1. The van der Waals surface area contributed by atoms with Crippen LogP contribution in [0.3, 0.4) is 0 Å². The molecule has 0 aliphatic heterocycles. The Morgan fingerprint density at radius 3 is 2.32 bits per heavy atom. The highest BCUT2D eigenvalue weighted by molar-refractivity contribution is 5.66. The lowest BCUT2D eigenvalue weighted by Gasteiger charge is -2.21. The molecule has 0 unspecified atom stereocenters. The number of halogens is 3. The van der Waals surface area contributed by atoms with Crippen molar-refractivity contribution < 1.29 is 32.5 Å². The summed E-state index contributed by atoms with van der Waals surface area (Å²) < 4.78 is 47.9. The lowest BCUT2D eigenvalue weighted by Crippen LogP contribution is -2.24. The second kappa shape index (κ2) is 6.42. The Hall–Kier alpha value is -1.76. The summed E-state index contributed by atoms with van der Waals surface area (Å²) >= 11 is 0. The third-order valence-electron chi connectivity index (χ3n) is 2.32. The molecule has 0 aliphatic carbocycles. The molecule has 0 saturated carbocycles. The molecule has 1 aromatic rings. The molecule has 1 atom stereocenters. The van der Waals surface area contributed by atoms with E-state index in [1.165, 1.54) is 31.4 Å². The van der Waals surface area contributed by atoms with E-state index in [4.69, 9.17) is 9.84 Å². The Morgan fingerprint density at radius 2 is 1.89 bits per heavy atom. The number of methoxy groups -OCH3 is 1. The van der Waals surface area contributed by atoms with Crippen molar-refractivity contribution in [1.82, 2.24) is 0 Å². The molecule has 0 aromatic heterocycles. The second-order valence-electron chi connectivity index (χ2n) is 3.71. The first-order chi connectivity index (χ1) is 8.84. The van der Waals surface area contributed by atoms with E-state index >= 15 is 0 Å². The van der Waals surface area contributed by atoms with Crippen molar-refractivity contribution >= 4 is 5.97 Å². The molecule has 0 aliphatic rings. The van der Waals surface area contributed by atoms with Gasteiger partial charge in [0.15, 0.2) is 6.10 Å². The number of rotatable bonds is 6. The molecule has 0 fully saturated rings. The highest BCUT2D eigenvalue weighted by Gasteiger charge is 2.41. The normalized spacial score (nSPS) is 13.1. The van der Waals surface area contributed by atoms with Crippen molar-refractivity contribution in [3.63, 3.8) is 0 Å². The van der Waals surface area contributed by atoms with Crippen LogP contribution in [0.4, 0.5) is 13.2 Å². The zero-order valence-corrected chi connectivity index (χ0v) is 10.1. The van der Waals surface area contributed by atoms with Crippen LogP contribution in [0.25, 0.3) is 0 Å². The van der Waals surface area contributed by atoms with E-state index in [9.17, 15) is 18.0 Å². The Morgan fingerprint density at radius 1 is 1.32 bits per heavy atom. The van der Waals surface area contributed by atoms with Gasteiger partial charge in [0.25, 0.3) is 0 Å². The van der Waals surface area contributed by atoms with Crippen LogP contribution in [0.2, 0.25) is 0 Å². The van der Waals surface area contributed by atoms with E-state index in [0.29, 0.717) is 5.75 Å². The molecule has 19 heavy (non-hydrogen) atoms. The third kappa shape index (κ3) is 4.78. The Labute approximate surface area is 107 Å². The van der Waals surface area contributed by atoms with Gasteiger partial charge in [0.05, 0.1) is 20.1 Å². The SMILES string of the molecule is COc1ccc([C@@H](OCCC(=O)O)C(F)(F)F)cc1. The van der Waals surface area contributed by atoms with Crippen LogP contribution in [0, 0.1) is 0 Å². The average Bonchev–Trinajstić information content (AvgIpc) is 2.33. The van der Waals surface area contributed by atoms with Crippen molar-refractivity contribution in [2.75, 3.05) is 13.7 Å². The zero-order valence-electron chi connectivity index (χ0n) is 10.1. The summed E-state index contributed by atoms with van der Waals surface area (Å²) in [5.74, 6) is -0.786. The smallest absolute Gasteiger partial charge is 0.418 e. The topological polar surface area (TPSA) is 55.8 Å². The van der Waals surface area contributed by atoms with Gasteiger partial charge in [-0.15, -0.1) is 0 Å². The molecule has 0 saturated heterocycles. The van der Waals surface area contributed by atoms with Crippen molar-refractivity contribution in [2.45, 2.75) is 18.7 Å². The number of alkyl halides is 3. The quantitative estimate of drug-likeness (QED) is 0.869. The Bertz CT molecular complexity index is 414. The number of hydrogen-bond donors (Lipinski definition) is 1. The standard InChI is InChI=1S/C12H13F3O4/c1-18-9-4-2-8(3-5-9)11(12(13,14)15)19-7-6-10(16)17/h2-5,11H,6-7H2,1H3,(H,16,17)/t11-/m1/s1. The van der Waals surface area contributed by atoms with Gasteiger partial charge in [-0.3, -0.25) is 4.79 Å². The van der Waals surface area contributed by atoms with Gasteiger partial charge in [-0.05, 0) is 17.7 Å². The van der Waals surface area contributed by atoms with Crippen LogP contribution in [-0.4, -0.2) is 31.0 Å². The lowest BCUT2D eigenvalue weighted by atomic mass is 10.1. The number of carboxylic acid groups (broad SMARTS) is 1. The van der Waals surface area contributed by atoms with E-state index in [-0.39, 0.29) is 5.56 Å². The zero-order chi connectivity index (χ0) is 14.5. The van der Waals surface area contributed by atoms with Crippen LogP contribution < -0.4 is 4.74 Å². The van der Waals surface area contributed by atoms with Crippen LogP contribution in [0.5, 0.6) is 5.75 Å². The van der Waals surface area contributed by atoms with E-state index in [1.807, 2.05) is 0 Å². The van der Waals surface area contributed by atoms with Gasteiger partial charge in [0, 0.05) is 0 Å². The Balaban J connectivity index is 2.81. The van der Waals surface area contributed by atoms with Crippen LogP contribution in [-0.2, 0) is 9.53 Å². The van der Waals surface area contributed by atoms with E-state index in [0.717, 1.165) is 0 Å². The molecule has 1 aromatic carbocycles. The van der Waals surface area contributed by atoms with Crippen molar-refractivity contribution in [3.8, 4) is 5.75 Å². The van der Waals surface area contributed by atoms with Crippen molar-refractivity contribution in [3.05, 3.63) is 29.8 Å². The number of carbonyl (C=O) groups is 1. The molecule has 0 spiro atoms. The van der Waals surface area contributed by atoms with Gasteiger partial charge >= 0.3 is 12.1 Å². The number of carboxylic acids is 1. The fraction of sp³-hybridized carbons (Fsp3) is 0.417. The minimum absolute atomic E-state index is 0.0984. The molecule has 4 nitrogen and oxygen atoms in total. The summed E-state index contributed by atoms with van der Waals surface area (Å²) in [5, 5.41) is 8.39. The Kier molecular flexibility index (Phi) is 5.17. The molecule has 106 valence electrons. The van der Waals surface area contributed by atoms with Gasteiger partial charge in [-0.1, -0.05) is 12.1 Å². The summed E-state index contributed by atoms with van der Waals surface area (Å²) in [6.07, 6.45) is -7.23. The van der Waals surface area contributed by atoms with Crippen LogP contribution in [0.15, 0.2) is 24.3 Å². The molecule has 0 radical (unpaired) electrons. The summed E-state index contributed by atoms with van der Waals surface area (Å²) in [6, 6.07) is 5.23. The van der Waals surface area contributed by atoms with E-state index in [2.05, 4.69) is 4.74 Å². The molecule has 1 N–H and O–H groups in total. The largest absolute Gasteiger partial charge is 0.497 e. The highest BCUT2D eigenvalue weighted by Crippen LogP contribution is 2.36. The highest BCUT2D eigenvalue weighted by atomic mass is 19.4. The monoisotopic (exact) mass is 278 g/mol. The first-order valence-corrected chi connectivity index (χ1v) is 5.38. The molecular formula is C12H13F3O4. The van der Waals surface area contributed by atoms with Gasteiger partial charge in [-0.2, -0.15) is 13.2 Å². The second-order valence-corrected chi connectivity index (χ2v) is 3.71. The average molecular weight is 278 g/mol. The van der Waals surface area contributed by atoms with E-state index < -0.39 is 31.3 Å².